The number of nitrogens with zero attached hydrogens (tertiary/aromatic N) is 5. The van der Waals surface area contributed by atoms with Crippen molar-refractivity contribution < 1.29 is 0 Å². The van der Waals surface area contributed by atoms with E-state index in [1.807, 2.05) is 30.3 Å². The normalized spacial score (nSPS) is 11.6. The summed E-state index contributed by atoms with van der Waals surface area (Å²) in [6.07, 6.45) is 0. The summed E-state index contributed by atoms with van der Waals surface area (Å²) in [6.45, 7) is 0. The molecule has 0 saturated heterocycles. The molecule has 0 amide bonds. The van der Waals surface area contributed by atoms with Crippen molar-refractivity contribution in [2.24, 2.45) is 0 Å². The monoisotopic (exact) mass is 699 g/mol. The summed E-state index contributed by atoms with van der Waals surface area (Å²) in [4.78, 5) is 0. The molecule has 11 rings (SSSR count). The minimum Gasteiger partial charge on any atom is -0.309 e. The Morgan fingerprint density at radius 2 is 0.800 bits per heavy atom. The predicted molar refractivity (Wildman–Crippen MR) is 224 cm³/mol. The number of aromatic nitrogens is 3. The number of hydrogen-bond donors (Lipinski definition) is 0. The van der Waals surface area contributed by atoms with Crippen LogP contribution in [0.5, 0.6) is 0 Å². The summed E-state index contributed by atoms with van der Waals surface area (Å²) in [6, 6.07) is 65.9. The van der Waals surface area contributed by atoms with Crippen LogP contribution >= 0.6 is 0 Å². The van der Waals surface area contributed by atoms with Crippen LogP contribution in [-0.4, -0.2) is 13.7 Å². The van der Waals surface area contributed by atoms with Gasteiger partial charge in [-0.2, -0.15) is 10.5 Å². The molecular formula is C50H29N5. The lowest BCUT2D eigenvalue weighted by molar-refractivity contribution is 1.08. The molecule has 0 N–H and O–H groups in total. The fourth-order valence-electron chi connectivity index (χ4n) is 8.87. The van der Waals surface area contributed by atoms with E-state index >= 15 is 0 Å². The Hall–Kier alpha value is -7.86. The Bertz CT molecular complexity index is 3400. The molecule has 55 heavy (non-hydrogen) atoms. The van der Waals surface area contributed by atoms with E-state index in [4.69, 9.17) is 0 Å². The van der Waals surface area contributed by atoms with Crippen LogP contribution in [0.1, 0.15) is 11.1 Å². The first kappa shape index (κ1) is 30.7. The molecular weight excluding hydrogens is 671 g/mol. The number of nitriles is 2. The molecule has 0 aliphatic carbocycles. The van der Waals surface area contributed by atoms with Crippen LogP contribution in [0, 0.1) is 22.7 Å². The average Bonchev–Trinajstić information content (AvgIpc) is 3.89. The standard InChI is InChI=1S/C50H29N5/c51-30-33-25-26-34(31-52)50(49(33)54-43-21-9-4-15-37(43)38-16-5-10-22-44(38)54)55-45-23-11-7-18-40(45)48-36(19-12-24-47(48)55)32-27-28-46-41(29-32)39-17-6-8-20-42(39)53(46)35-13-2-1-3-14-35/h1-29H. The predicted octanol–water partition coefficient (Wildman–Crippen LogP) is 12.4. The molecule has 8 aromatic carbocycles. The van der Waals surface area contributed by atoms with Crippen molar-refractivity contribution in [3.8, 4) is 40.3 Å². The van der Waals surface area contributed by atoms with Crippen molar-refractivity contribution in [1.82, 2.24) is 13.7 Å². The molecule has 0 bridgehead atoms. The molecule has 0 atom stereocenters. The minimum absolute atomic E-state index is 0.485. The zero-order chi connectivity index (χ0) is 36.6. The Morgan fingerprint density at radius 3 is 1.40 bits per heavy atom. The van der Waals surface area contributed by atoms with E-state index in [2.05, 4.69) is 159 Å². The molecule has 0 aliphatic rings. The van der Waals surface area contributed by atoms with Gasteiger partial charge >= 0.3 is 0 Å². The quantitative estimate of drug-likeness (QED) is 0.184. The fraction of sp³-hybridized carbons (Fsp3) is 0. The molecule has 3 aromatic heterocycles. The molecule has 5 nitrogen and oxygen atoms in total. The van der Waals surface area contributed by atoms with Crippen molar-refractivity contribution in [2.75, 3.05) is 0 Å². The topological polar surface area (TPSA) is 62.4 Å². The first-order valence-electron chi connectivity index (χ1n) is 18.3. The van der Waals surface area contributed by atoms with Gasteiger partial charge in [0, 0.05) is 38.0 Å². The number of rotatable bonds is 4. The first-order chi connectivity index (χ1) is 27.2. The molecule has 0 aliphatic heterocycles. The highest BCUT2D eigenvalue weighted by molar-refractivity contribution is 6.18. The Kier molecular flexibility index (Phi) is 6.61. The van der Waals surface area contributed by atoms with Crippen molar-refractivity contribution in [3.63, 3.8) is 0 Å². The van der Waals surface area contributed by atoms with Gasteiger partial charge in [0.2, 0.25) is 0 Å². The van der Waals surface area contributed by atoms with E-state index in [-0.39, 0.29) is 0 Å². The van der Waals surface area contributed by atoms with E-state index in [1.165, 1.54) is 10.8 Å². The van der Waals surface area contributed by atoms with E-state index < -0.39 is 0 Å². The molecule has 5 heteroatoms. The van der Waals surface area contributed by atoms with Crippen LogP contribution in [-0.2, 0) is 0 Å². The van der Waals surface area contributed by atoms with Gasteiger partial charge in [0.15, 0.2) is 0 Å². The second kappa shape index (κ2) is 11.8. The molecule has 0 fully saturated rings. The van der Waals surface area contributed by atoms with Crippen molar-refractivity contribution in [2.45, 2.75) is 0 Å². The van der Waals surface area contributed by atoms with Gasteiger partial charge in [-0.05, 0) is 77.9 Å². The summed E-state index contributed by atoms with van der Waals surface area (Å²) in [5.41, 5.74) is 11.8. The van der Waals surface area contributed by atoms with Crippen molar-refractivity contribution in [3.05, 3.63) is 187 Å². The van der Waals surface area contributed by atoms with Gasteiger partial charge in [-0.15, -0.1) is 0 Å². The second-order valence-electron chi connectivity index (χ2n) is 13.9. The summed E-state index contributed by atoms with van der Waals surface area (Å²) in [7, 11) is 0. The zero-order valence-corrected chi connectivity index (χ0v) is 29.5. The summed E-state index contributed by atoms with van der Waals surface area (Å²) < 4.78 is 6.70. The second-order valence-corrected chi connectivity index (χ2v) is 13.9. The number of hydrogen-bond acceptors (Lipinski definition) is 2. The lowest BCUT2D eigenvalue weighted by atomic mass is 9.98. The maximum Gasteiger partial charge on any atom is 0.101 e. The zero-order valence-electron chi connectivity index (χ0n) is 29.5. The van der Waals surface area contributed by atoms with Crippen molar-refractivity contribution >= 4 is 65.4 Å². The highest BCUT2D eigenvalue weighted by atomic mass is 15.1. The first-order valence-corrected chi connectivity index (χ1v) is 18.3. The van der Waals surface area contributed by atoms with Crippen LogP contribution in [0.25, 0.3) is 93.6 Å². The third-order valence-electron chi connectivity index (χ3n) is 11.1. The number of fused-ring (bicyclic) bond motifs is 9. The van der Waals surface area contributed by atoms with Gasteiger partial charge in [0.05, 0.1) is 55.6 Å². The number of benzene rings is 8. The molecule has 0 radical (unpaired) electrons. The summed E-state index contributed by atoms with van der Waals surface area (Å²) in [5, 5.41) is 28.3. The Morgan fingerprint density at radius 1 is 0.345 bits per heavy atom. The van der Waals surface area contributed by atoms with Gasteiger partial charge in [0.1, 0.15) is 12.1 Å². The van der Waals surface area contributed by atoms with E-state index in [1.54, 1.807) is 12.1 Å². The minimum atomic E-state index is 0.485. The third-order valence-corrected chi connectivity index (χ3v) is 11.1. The third kappa shape index (κ3) is 4.33. The van der Waals surface area contributed by atoms with Crippen molar-refractivity contribution in [1.29, 1.82) is 10.5 Å². The fourth-order valence-corrected chi connectivity index (χ4v) is 8.87. The molecule has 0 saturated carbocycles. The van der Waals surface area contributed by atoms with Crippen LogP contribution < -0.4 is 0 Å². The number of para-hydroxylation sites is 5. The smallest absolute Gasteiger partial charge is 0.101 e. The van der Waals surface area contributed by atoms with Crippen LogP contribution in [0.2, 0.25) is 0 Å². The molecule has 0 unspecified atom stereocenters. The largest absolute Gasteiger partial charge is 0.309 e. The molecule has 3 heterocycles. The van der Waals surface area contributed by atoms with E-state index in [0.717, 1.165) is 71.5 Å². The SMILES string of the molecule is N#Cc1ccc(C#N)c(-n2c3ccccc3c3c(-c4ccc5c(c4)c4ccccc4n5-c4ccccc4)cccc32)c1-n1c2ccccc2c2ccccc21. The summed E-state index contributed by atoms with van der Waals surface area (Å²) in [5.74, 6) is 0. The lowest BCUT2D eigenvalue weighted by Crippen LogP contribution is -2.08. The molecule has 11 aromatic rings. The van der Waals surface area contributed by atoms with E-state index in [0.29, 0.717) is 22.5 Å². The molecule has 0 spiro atoms. The van der Waals surface area contributed by atoms with Gasteiger partial charge in [-0.3, -0.25) is 0 Å². The van der Waals surface area contributed by atoms with Gasteiger partial charge in [-0.1, -0.05) is 109 Å². The Balaban J connectivity index is 1.24. The van der Waals surface area contributed by atoms with Crippen LogP contribution in [0.15, 0.2) is 176 Å². The summed E-state index contributed by atoms with van der Waals surface area (Å²) >= 11 is 0. The van der Waals surface area contributed by atoms with Gasteiger partial charge < -0.3 is 13.7 Å². The average molecular weight is 700 g/mol. The van der Waals surface area contributed by atoms with Crippen LogP contribution in [0.4, 0.5) is 0 Å². The van der Waals surface area contributed by atoms with E-state index in [9.17, 15) is 10.5 Å². The van der Waals surface area contributed by atoms with Crippen LogP contribution in [0.3, 0.4) is 0 Å². The maximum absolute atomic E-state index is 10.8. The maximum atomic E-state index is 10.8. The van der Waals surface area contributed by atoms with Gasteiger partial charge in [-0.25, -0.2) is 0 Å². The highest BCUT2D eigenvalue weighted by Crippen LogP contribution is 2.44. The lowest BCUT2D eigenvalue weighted by Gasteiger charge is -2.19. The molecule has 254 valence electrons. The highest BCUT2D eigenvalue weighted by Gasteiger charge is 2.25. The Labute approximate surface area is 316 Å². The van der Waals surface area contributed by atoms with Gasteiger partial charge in [0.25, 0.3) is 0 Å².